The van der Waals surface area contributed by atoms with Gasteiger partial charge in [0.1, 0.15) is 0 Å². The average molecular weight is 162 g/mol. The minimum absolute atomic E-state index is 0.279. The van der Waals surface area contributed by atoms with E-state index in [2.05, 4.69) is 31.0 Å². The SMILES string of the molecule is CC1(C)C(N)C1c1ccncc1. The van der Waals surface area contributed by atoms with Crippen molar-refractivity contribution >= 4 is 0 Å². The van der Waals surface area contributed by atoms with E-state index in [0.717, 1.165) is 0 Å². The standard InChI is InChI=1S/C10H14N2/c1-10(2)8(9(10)11)7-3-5-12-6-4-7/h3-6,8-9H,11H2,1-2H3. The minimum atomic E-state index is 0.279. The molecule has 1 fully saturated rings. The number of hydrogen-bond donors (Lipinski definition) is 1. The summed E-state index contributed by atoms with van der Waals surface area (Å²) in [4.78, 5) is 3.99. The van der Waals surface area contributed by atoms with E-state index in [4.69, 9.17) is 5.73 Å². The Labute approximate surface area is 72.8 Å². The monoisotopic (exact) mass is 162 g/mol. The third-order valence-corrected chi connectivity index (χ3v) is 2.98. The predicted octanol–water partition coefficient (Wildman–Crippen LogP) is 1.53. The third-order valence-electron chi connectivity index (χ3n) is 2.98. The van der Waals surface area contributed by atoms with Gasteiger partial charge in [0.2, 0.25) is 0 Å². The summed E-state index contributed by atoms with van der Waals surface area (Å²) in [5.41, 5.74) is 7.56. The Balaban J connectivity index is 2.25. The molecule has 0 bridgehead atoms. The van der Waals surface area contributed by atoms with Crippen molar-refractivity contribution in [2.75, 3.05) is 0 Å². The van der Waals surface area contributed by atoms with Gasteiger partial charge < -0.3 is 5.73 Å². The Morgan fingerprint density at radius 2 is 1.83 bits per heavy atom. The van der Waals surface area contributed by atoms with Crippen molar-refractivity contribution in [3.05, 3.63) is 30.1 Å². The summed E-state index contributed by atoms with van der Waals surface area (Å²) in [5.74, 6) is 0.528. The summed E-state index contributed by atoms with van der Waals surface area (Å²) in [6.07, 6.45) is 3.66. The van der Waals surface area contributed by atoms with E-state index in [0.29, 0.717) is 12.0 Å². The first-order valence-corrected chi connectivity index (χ1v) is 4.29. The van der Waals surface area contributed by atoms with Crippen LogP contribution in [0.5, 0.6) is 0 Å². The topological polar surface area (TPSA) is 38.9 Å². The molecule has 2 heteroatoms. The molecular weight excluding hydrogens is 148 g/mol. The van der Waals surface area contributed by atoms with E-state index in [1.54, 1.807) is 0 Å². The van der Waals surface area contributed by atoms with Crippen molar-refractivity contribution in [1.29, 1.82) is 0 Å². The molecule has 64 valence electrons. The van der Waals surface area contributed by atoms with Crippen molar-refractivity contribution < 1.29 is 0 Å². The largest absolute Gasteiger partial charge is 0.327 e. The lowest BCUT2D eigenvalue weighted by atomic mass is 10.0. The lowest BCUT2D eigenvalue weighted by molar-refractivity contribution is 0.599. The highest BCUT2D eigenvalue weighted by Gasteiger charge is 2.55. The van der Waals surface area contributed by atoms with E-state index >= 15 is 0 Å². The lowest BCUT2D eigenvalue weighted by Gasteiger charge is -2.00. The fourth-order valence-electron chi connectivity index (χ4n) is 1.89. The Morgan fingerprint density at radius 3 is 2.25 bits per heavy atom. The molecule has 2 unspecified atom stereocenters. The molecule has 2 rings (SSSR count). The molecule has 1 aromatic rings. The molecule has 0 saturated heterocycles. The molecule has 1 aromatic heterocycles. The molecule has 0 aromatic carbocycles. The first kappa shape index (κ1) is 7.74. The van der Waals surface area contributed by atoms with Crippen LogP contribution in [0.2, 0.25) is 0 Å². The molecule has 0 spiro atoms. The zero-order valence-corrected chi connectivity index (χ0v) is 7.49. The second kappa shape index (κ2) is 2.30. The van der Waals surface area contributed by atoms with Gasteiger partial charge in [-0.15, -0.1) is 0 Å². The van der Waals surface area contributed by atoms with Crippen molar-refractivity contribution in [3.63, 3.8) is 0 Å². The molecule has 2 atom stereocenters. The highest BCUT2D eigenvalue weighted by molar-refractivity contribution is 5.32. The Hall–Kier alpha value is -0.890. The molecule has 12 heavy (non-hydrogen) atoms. The first-order valence-electron chi connectivity index (χ1n) is 4.29. The van der Waals surface area contributed by atoms with Crippen molar-refractivity contribution in [3.8, 4) is 0 Å². The molecule has 1 aliphatic rings. The second-order valence-corrected chi connectivity index (χ2v) is 4.11. The fourth-order valence-corrected chi connectivity index (χ4v) is 1.89. The molecule has 1 aliphatic carbocycles. The van der Waals surface area contributed by atoms with E-state index in [9.17, 15) is 0 Å². The second-order valence-electron chi connectivity index (χ2n) is 4.11. The highest BCUT2D eigenvalue weighted by atomic mass is 14.8. The Morgan fingerprint density at radius 1 is 1.33 bits per heavy atom. The van der Waals surface area contributed by atoms with Gasteiger partial charge in [-0.1, -0.05) is 13.8 Å². The van der Waals surface area contributed by atoms with E-state index in [1.807, 2.05) is 12.4 Å². The van der Waals surface area contributed by atoms with Crippen molar-refractivity contribution in [2.24, 2.45) is 11.1 Å². The smallest absolute Gasteiger partial charge is 0.0270 e. The molecular formula is C10H14N2. The molecule has 0 aliphatic heterocycles. The van der Waals surface area contributed by atoms with Crippen LogP contribution in [0.3, 0.4) is 0 Å². The fraction of sp³-hybridized carbons (Fsp3) is 0.500. The van der Waals surface area contributed by atoms with Crippen LogP contribution in [0, 0.1) is 5.41 Å². The summed E-state index contributed by atoms with van der Waals surface area (Å²) in [7, 11) is 0. The summed E-state index contributed by atoms with van der Waals surface area (Å²) in [5, 5.41) is 0. The normalized spacial score (nSPS) is 31.6. The zero-order valence-electron chi connectivity index (χ0n) is 7.49. The maximum Gasteiger partial charge on any atom is 0.0270 e. The van der Waals surface area contributed by atoms with Gasteiger partial charge in [0.05, 0.1) is 0 Å². The summed E-state index contributed by atoms with van der Waals surface area (Å²) >= 11 is 0. The van der Waals surface area contributed by atoms with Crippen molar-refractivity contribution in [1.82, 2.24) is 4.98 Å². The van der Waals surface area contributed by atoms with Gasteiger partial charge in [0.15, 0.2) is 0 Å². The van der Waals surface area contributed by atoms with Crippen LogP contribution in [-0.2, 0) is 0 Å². The van der Waals surface area contributed by atoms with Gasteiger partial charge in [-0.25, -0.2) is 0 Å². The maximum absolute atomic E-state index is 5.96. The number of nitrogens with zero attached hydrogens (tertiary/aromatic N) is 1. The number of nitrogens with two attached hydrogens (primary N) is 1. The van der Waals surface area contributed by atoms with Gasteiger partial charge in [-0.3, -0.25) is 4.98 Å². The van der Waals surface area contributed by atoms with Crippen LogP contribution >= 0.6 is 0 Å². The first-order chi connectivity index (χ1) is 5.64. The minimum Gasteiger partial charge on any atom is -0.327 e. The molecule has 0 radical (unpaired) electrons. The predicted molar refractivity (Wildman–Crippen MR) is 48.7 cm³/mol. The van der Waals surface area contributed by atoms with Crippen LogP contribution in [0.15, 0.2) is 24.5 Å². The number of rotatable bonds is 1. The van der Waals surface area contributed by atoms with Crippen LogP contribution in [0.1, 0.15) is 25.3 Å². The maximum atomic E-state index is 5.96. The molecule has 1 saturated carbocycles. The van der Waals surface area contributed by atoms with Gasteiger partial charge >= 0.3 is 0 Å². The Kier molecular flexibility index (Phi) is 1.48. The van der Waals surface area contributed by atoms with Crippen LogP contribution in [0.4, 0.5) is 0 Å². The molecule has 1 heterocycles. The van der Waals surface area contributed by atoms with Gasteiger partial charge in [0, 0.05) is 24.4 Å². The van der Waals surface area contributed by atoms with E-state index in [-0.39, 0.29) is 5.41 Å². The molecule has 2 N–H and O–H groups in total. The lowest BCUT2D eigenvalue weighted by Crippen LogP contribution is -2.06. The van der Waals surface area contributed by atoms with Gasteiger partial charge in [-0.2, -0.15) is 0 Å². The van der Waals surface area contributed by atoms with Gasteiger partial charge in [-0.05, 0) is 23.1 Å². The molecule has 0 amide bonds. The third kappa shape index (κ3) is 0.950. The zero-order chi connectivity index (χ0) is 8.77. The van der Waals surface area contributed by atoms with E-state index in [1.165, 1.54) is 5.56 Å². The average Bonchev–Trinajstić information content (AvgIpc) is 2.53. The highest BCUT2D eigenvalue weighted by Crippen LogP contribution is 2.56. The summed E-state index contributed by atoms with van der Waals surface area (Å²) in [6, 6.07) is 4.43. The number of pyridine rings is 1. The van der Waals surface area contributed by atoms with Crippen LogP contribution < -0.4 is 5.73 Å². The van der Waals surface area contributed by atoms with Crippen molar-refractivity contribution in [2.45, 2.75) is 25.8 Å². The van der Waals surface area contributed by atoms with E-state index < -0.39 is 0 Å². The summed E-state index contributed by atoms with van der Waals surface area (Å²) < 4.78 is 0. The number of aromatic nitrogens is 1. The summed E-state index contributed by atoms with van der Waals surface area (Å²) in [6.45, 7) is 4.42. The number of hydrogen-bond acceptors (Lipinski definition) is 2. The van der Waals surface area contributed by atoms with Gasteiger partial charge in [0.25, 0.3) is 0 Å². The quantitative estimate of drug-likeness (QED) is 0.680. The van der Waals surface area contributed by atoms with Crippen LogP contribution in [-0.4, -0.2) is 11.0 Å². The Bertz CT molecular complexity index is 279. The molecule has 2 nitrogen and oxygen atoms in total. The van der Waals surface area contributed by atoms with Crippen LogP contribution in [0.25, 0.3) is 0 Å².